The maximum absolute atomic E-state index is 13.6. The Balaban J connectivity index is 3.30. The highest BCUT2D eigenvalue weighted by Gasteiger charge is 2.25. The monoisotopic (exact) mass is 286 g/mol. The molecule has 0 amide bonds. The van der Waals surface area contributed by atoms with Gasteiger partial charge in [0, 0.05) is 17.2 Å². The number of benzene rings is 1. The Morgan fingerprint density at radius 1 is 1.25 bits per heavy atom. The van der Waals surface area contributed by atoms with Crippen molar-refractivity contribution in [2.45, 2.75) is 26.1 Å². The lowest BCUT2D eigenvalue weighted by atomic mass is 10.0. The van der Waals surface area contributed by atoms with Crippen LogP contribution in [0.4, 0.5) is 4.39 Å². The summed E-state index contributed by atoms with van der Waals surface area (Å²) in [5, 5.41) is 9.98. The zero-order chi connectivity index (χ0) is 15.3. The van der Waals surface area contributed by atoms with Gasteiger partial charge in [-0.25, -0.2) is 9.18 Å². The Morgan fingerprint density at radius 2 is 1.80 bits per heavy atom. The van der Waals surface area contributed by atoms with Gasteiger partial charge in [-0.2, -0.15) is 0 Å². The maximum atomic E-state index is 13.6. The molecule has 0 fully saturated rings. The van der Waals surface area contributed by atoms with Crippen molar-refractivity contribution in [3.63, 3.8) is 0 Å². The third-order valence-electron chi connectivity index (χ3n) is 2.82. The van der Waals surface area contributed by atoms with Crippen LogP contribution in [0.15, 0.2) is 12.1 Å². The lowest BCUT2D eigenvalue weighted by molar-refractivity contribution is -0.153. The number of rotatable bonds is 6. The molecule has 1 rings (SSSR count). The average Bonchev–Trinajstić information content (AvgIpc) is 2.44. The molecule has 2 atom stereocenters. The summed E-state index contributed by atoms with van der Waals surface area (Å²) in [6, 6.07) is 2.78. The van der Waals surface area contributed by atoms with Gasteiger partial charge in [0.1, 0.15) is 17.7 Å². The number of esters is 1. The summed E-state index contributed by atoms with van der Waals surface area (Å²) >= 11 is 0. The number of ether oxygens (including phenoxy) is 3. The Bertz CT molecular complexity index is 473. The van der Waals surface area contributed by atoms with E-state index in [-0.39, 0.29) is 29.2 Å². The standard InChI is InChI=1S/C14H19FO5/c1-5-20-14(17)13(16)10-6-9(8(2)15)11(18-3)7-12(10)19-4/h6-8,13,16H,5H2,1-4H3. The predicted octanol–water partition coefficient (Wildman–Crippen LogP) is 2.33. The van der Waals surface area contributed by atoms with E-state index in [0.717, 1.165) is 0 Å². The molecule has 0 aliphatic rings. The highest BCUT2D eigenvalue weighted by Crippen LogP contribution is 2.37. The summed E-state index contributed by atoms with van der Waals surface area (Å²) in [6.07, 6.45) is -2.85. The first kappa shape index (κ1) is 16.2. The third kappa shape index (κ3) is 3.39. The van der Waals surface area contributed by atoms with Crippen LogP contribution in [0.5, 0.6) is 11.5 Å². The first-order valence-corrected chi connectivity index (χ1v) is 6.20. The highest BCUT2D eigenvalue weighted by molar-refractivity contribution is 5.77. The van der Waals surface area contributed by atoms with Crippen molar-refractivity contribution in [1.29, 1.82) is 0 Å². The smallest absolute Gasteiger partial charge is 0.339 e. The number of alkyl halides is 1. The van der Waals surface area contributed by atoms with E-state index in [1.807, 2.05) is 0 Å². The summed E-state index contributed by atoms with van der Waals surface area (Å²) in [6.45, 7) is 3.11. The van der Waals surface area contributed by atoms with Gasteiger partial charge in [0.2, 0.25) is 0 Å². The fourth-order valence-electron chi connectivity index (χ4n) is 1.82. The van der Waals surface area contributed by atoms with E-state index in [1.54, 1.807) is 6.92 Å². The van der Waals surface area contributed by atoms with Gasteiger partial charge < -0.3 is 19.3 Å². The van der Waals surface area contributed by atoms with Crippen molar-refractivity contribution in [2.24, 2.45) is 0 Å². The molecule has 5 nitrogen and oxygen atoms in total. The number of methoxy groups -OCH3 is 2. The van der Waals surface area contributed by atoms with Crippen molar-refractivity contribution in [3.05, 3.63) is 23.3 Å². The minimum absolute atomic E-state index is 0.140. The number of halogens is 1. The molecular formula is C14H19FO5. The summed E-state index contributed by atoms with van der Waals surface area (Å²) in [5.74, 6) is -0.295. The van der Waals surface area contributed by atoms with Crippen molar-refractivity contribution in [3.8, 4) is 11.5 Å². The Hall–Kier alpha value is -1.82. The molecule has 0 aliphatic carbocycles. The van der Waals surface area contributed by atoms with Crippen LogP contribution in [0.3, 0.4) is 0 Å². The van der Waals surface area contributed by atoms with Crippen LogP contribution >= 0.6 is 0 Å². The van der Waals surface area contributed by atoms with E-state index in [1.165, 1.54) is 33.3 Å². The first-order chi connectivity index (χ1) is 9.46. The fourth-order valence-corrected chi connectivity index (χ4v) is 1.82. The van der Waals surface area contributed by atoms with Gasteiger partial charge in [0.15, 0.2) is 6.10 Å². The number of carbonyl (C=O) groups excluding carboxylic acids is 1. The van der Waals surface area contributed by atoms with Crippen LogP contribution in [0, 0.1) is 0 Å². The van der Waals surface area contributed by atoms with E-state index in [0.29, 0.717) is 0 Å². The van der Waals surface area contributed by atoms with Gasteiger partial charge in [0.05, 0.1) is 20.8 Å². The van der Waals surface area contributed by atoms with E-state index in [2.05, 4.69) is 0 Å². The topological polar surface area (TPSA) is 65.0 Å². The fraction of sp³-hybridized carbons (Fsp3) is 0.500. The summed E-state index contributed by atoms with van der Waals surface area (Å²) in [5.41, 5.74) is 0.373. The molecule has 0 radical (unpaired) electrons. The second-order valence-electron chi connectivity index (χ2n) is 4.11. The minimum atomic E-state index is -1.53. The first-order valence-electron chi connectivity index (χ1n) is 6.20. The van der Waals surface area contributed by atoms with Gasteiger partial charge >= 0.3 is 5.97 Å². The Labute approximate surface area is 117 Å². The van der Waals surface area contributed by atoms with Crippen molar-refractivity contribution >= 4 is 5.97 Å². The van der Waals surface area contributed by atoms with Crippen LogP contribution in [-0.2, 0) is 9.53 Å². The van der Waals surface area contributed by atoms with Crippen LogP contribution < -0.4 is 9.47 Å². The van der Waals surface area contributed by atoms with Crippen LogP contribution in [-0.4, -0.2) is 31.9 Å². The van der Waals surface area contributed by atoms with E-state index >= 15 is 0 Å². The van der Waals surface area contributed by atoms with Crippen LogP contribution in [0.1, 0.15) is 37.3 Å². The quantitative estimate of drug-likeness (QED) is 0.813. The molecule has 0 aromatic heterocycles. The van der Waals surface area contributed by atoms with Crippen molar-refractivity contribution < 1.29 is 28.5 Å². The highest BCUT2D eigenvalue weighted by atomic mass is 19.1. The molecule has 1 N–H and O–H groups in total. The van der Waals surface area contributed by atoms with Crippen LogP contribution in [0.2, 0.25) is 0 Å². The maximum Gasteiger partial charge on any atom is 0.339 e. The van der Waals surface area contributed by atoms with E-state index < -0.39 is 18.2 Å². The molecule has 0 saturated heterocycles. The third-order valence-corrected chi connectivity index (χ3v) is 2.82. The molecule has 1 aromatic rings. The summed E-state index contributed by atoms with van der Waals surface area (Å²) in [4.78, 5) is 11.6. The Morgan fingerprint density at radius 3 is 2.25 bits per heavy atom. The number of aliphatic hydroxyl groups excluding tert-OH is 1. The second-order valence-corrected chi connectivity index (χ2v) is 4.11. The molecule has 0 saturated carbocycles. The molecule has 1 aromatic carbocycles. The number of hydrogen-bond donors (Lipinski definition) is 1. The summed E-state index contributed by atoms with van der Waals surface area (Å²) < 4.78 is 28.5. The number of hydrogen-bond acceptors (Lipinski definition) is 5. The lowest BCUT2D eigenvalue weighted by Crippen LogP contribution is -2.16. The summed E-state index contributed by atoms with van der Waals surface area (Å²) in [7, 11) is 2.79. The second kappa shape index (κ2) is 7.09. The van der Waals surface area contributed by atoms with Gasteiger partial charge in [-0.05, 0) is 19.9 Å². The van der Waals surface area contributed by atoms with Gasteiger partial charge in [0.25, 0.3) is 0 Å². The van der Waals surface area contributed by atoms with E-state index in [9.17, 15) is 14.3 Å². The SMILES string of the molecule is CCOC(=O)C(O)c1cc(C(C)F)c(OC)cc1OC. The largest absolute Gasteiger partial charge is 0.496 e. The Kier molecular flexibility index (Phi) is 5.76. The molecule has 0 spiro atoms. The molecule has 112 valence electrons. The molecule has 0 bridgehead atoms. The molecule has 0 aliphatic heterocycles. The van der Waals surface area contributed by atoms with Gasteiger partial charge in [-0.15, -0.1) is 0 Å². The van der Waals surface area contributed by atoms with E-state index in [4.69, 9.17) is 14.2 Å². The molecule has 20 heavy (non-hydrogen) atoms. The van der Waals surface area contributed by atoms with Crippen molar-refractivity contribution in [1.82, 2.24) is 0 Å². The van der Waals surface area contributed by atoms with Gasteiger partial charge in [-0.1, -0.05) is 0 Å². The van der Waals surface area contributed by atoms with Crippen LogP contribution in [0.25, 0.3) is 0 Å². The van der Waals surface area contributed by atoms with Crippen molar-refractivity contribution in [2.75, 3.05) is 20.8 Å². The molecule has 0 heterocycles. The number of aliphatic hydroxyl groups is 1. The zero-order valence-electron chi connectivity index (χ0n) is 12.0. The molecule has 6 heteroatoms. The molecular weight excluding hydrogens is 267 g/mol. The normalized spacial score (nSPS) is 13.5. The zero-order valence-corrected chi connectivity index (χ0v) is 12.0. The minimum Gasteiger partial charge on any atom is -0.496 e. The lowest BCUT2D eigenvalue weighted by Gasteiger charge is -2.18. The molecule has 2 unspecified atom stereocenters. The van der Waals surface area contributed by atoms with Gasteiger partial charge in [-0.3, -0.25) is 0 Å². The predicted molar refractivity (Wildman–Crippen MR) is 70.7 cm³/mol. The average molecular weight is 286 g/mol. The number of carbonyl (C=O) groups is 1.